The Balaban J connectivity index is 2.07. The molecule has 1 unspecified atom stereocenters. The second-order valence-electron chi connectivity index (χ2n) is 4.64. The highest BCUT2D eigenvalue weighted by Gasteiger charge is 2.15. The van der Waals surface area contributed by atoms with Crippen molar-refractivity contribution in [3.63, 3.8) is 0 Å². The van der Waals surface area contributed by atoms with E-state index in [0.29, 0.717) is 10.9 Å². The number of amides is 1. The zero-order valence-electron chi connectivity index (χ0n) is 11.2. The third kappa shape index (κ3) is 4.94. The molecule has 0 bridgehead atoms. The molecule has 5 heteroatoms. The van der Waals surface area contributed by atoms with E-state index in [0.717, 1.165) is 15.4 Å². The molecule has 0 aliphatic heterocycles. The first-order valence-corrected chi connectivity index (χ1v) is 9.16. The maximum Gasteiger partial charge on any atom is 0.252 e. The van der Waals surface area contributed by atoms with Gasteiger partial charge in [0.1, 0.15) is 0 Å². The fourth-order valence-corrected chi connectivity index (χ4v) is 3.16. The molecule has 0 saturated heterocycles. The van der Waals surface area contributed by atoms with E-state index in [1.165, 1.54) is 5.56 Å². The van der Waals surface area contributed by atoms with Crippen LogP contribution >= 0.6 is 47.8 Å². The van der Waals surface area contributed by atoms with Crippen LogP contribution in [0.4, 0.5) is 0 Å². The summed E-state index contributed by atoms with van der Waals surface area (Å²) in [6.45, 7) is 0. The Morgan fingerprint density at radius 2 is 1.81 bits per heavy atom. The molecule has 0 aromatic heterocycles. The van der Waals surface area contributed by atoms with Crippen molar-refractivity contribution in [2.24, 2.45) is 0 Å². The van der Waals surface area contributed by atoms with Gasteiger partial charge in [-0.1, -0.05) is 62.2 Å². The van der Waals surface area contributed by atoms with E-state index in [4.69, 9.17) is 0 Å². The monoisotopic (exact) mass is 473 g/mol. The van der Waals surface area contributed by atoms with Crippen molar-refractivity contribution in [1.82, 2.24) is 5.32 Å². The van der Waals surface area contributed by atoms with Crippen molar-refractivity contribution >= 4 is 53.7 Å². The maximum atomic E-state index is 12.4. The Labute approximate surface area is 149 Å². The van der Waals surface area contributed by atoms with E-state index in [1.807, 2.05) is 36.4 Å². The summed E-state index contributed by atoms with van der Waals surface area (Å²) in [4.78, 5) is 12.4. The number of alkyl halides is 1. The summed E-state index contributed by atoms with van der Waals surface area (Å²) in [5, 5.41) is 3.77. The third-order valence-corrected chi connectivity index (χ3v) is 4.99. The fraction of sp³-hybridized carbons (Fsp3) is 0.188. The van der Waals surface area contributed by atoms with Crippen molar-refractivity contribution in [3.05, 3.63) is 68.6 Å². The molecule has 1 amide bonds. The zero-order valence-corrected chi connectivity index (χ0v) is 15.9. The molecular weight excluding hydrogens is 462 g/mol. The highest BCUT2D eigenvalue weighted by Crippen LogP contribution is 2.21. The van der Waals surface area contributed by atoms with Crippen LogP contribution in [0.3, 0.4) is 0 Å². The Morgan fingerprint density at radius 1 is 1.10 bits per heavy atom. The van der Waals surface area contributed by atoms with E-state index >= 15 is 0 Å². The first kappa shape index (κ1) is 16.7. The number of carbonyl (C=O) groups is 1. The standard InChI is InChI=1S/C16H14Br3NO/c17-10-13(8-11-4-2-1-3-5-11)20-16(21)14-9-12(18)6-7-15(14)19/h1-7,9,13H,8,10H2,(H,20,21). The summed E-state index contributed by atoms with van der Waals surface area (Å²) in [5.41, 5.74) is 1.83. The van der Waals surface area contributed by atoms with Gasteiger partial charge in [0.05, 0.1) is 5.56 Å². The molecule has 0 fully saturated rings. The van der Waals surface area contributed by atoms with Crippen molar-refractivity contribution in [3.8, 4) is 0 Å². The molecular formula is C16H14Br3NO. The second kappa shape index (κ2) is 8.11. The van der Waals surface area contributed by atoms with E-state index in [9.17, 15) is 4.79 Å². The van der Waals surface area contributed by atoms with Crippen molar-refractivity contribution < 1.29 is 4.79 Å². The number of rotatable bonds is 5. The Hall–Kier alpha value is -0.650. The summed E-state index contributed by atoms with van der Waals surface area (Å²) in [6.07, 6.45) is 0.795. The largest absolute Gasteiger partial charge is 0.348 e. The predicted molar refractivity (Wildman–Crippen MR) is 97.0 cm³/mol. The van der Waals surface area contributed by atoms with Crippen LogP contribution in [0.15, 0.2) is 57.5 Å². The lowest BCUT2D eigenvalue weighted by atomic mass is 10.1. The molecule has 1 atom stereocenters. The van der Waals surface area contributed by atoms with Crippen molar-refractivity contribution in [2.45, 2.75) is 12.5 Å². The summed E-state index contributed by atoms with van der Waals surface area (Å²) in [6, 6.07) is 15.8. The van der Waals surface area contributed by atoms with Gasteiger partial charge in [-0.2, -0.15) is 0 Å². The van der Waals surface area contributed by atoms with Gasteiger partial charge in [-0.05, 0) is 46.1 Å². The lowest BCUT2D eigenvalue weighted by molar-refractivity contribution is 0.0940. The Morgan fingerprint density at radius 3 is 2.48 bits per heavy atom. The van der Waals surface area contributed by atoms with Crippen LogP contribution in [0.25, 0.3) is 0 Å². The van der Waals surface area contributed by atoms with Gasteiger partial charge in [-0.15, -0.1) is 0 Å². The summed E-state index contributed by atoms with van der Waals surface area (Å²) in [7, 11) is 0. The second-order valence-corrected chi connectivity index (χ2v) is 7.06. The highest BCUT2D eigenvalue weighted by atomic mass is 79.9. The molecule has 0 radical (unpaired) electrons. The molecule has 0 aliphatic carbocycles. The minimum Gasteiger partial charge on any atom is -0.348 e. The van der Waals surface area contributed by atoms with Crippen LogP contribution < -0.4 is 5.32 Å². The number of benzene rings is 2. The number of hydrogen-bond acceptors (Lipinski definition) is 1. The van der Waals surface area contributed by atoms with Crippen LogP contribution in [-0.2, 0) is 6.42 Å². The summed E-state index contributed by atoms with van der Waals surface area (Å²) >= 11 is 10.3. The molecule has 0 saturated carbocycles. The number of carbonyl (C=O) groups excluding carboxylic acids is 1. The van der Waals surface area contributed by atoms with Gasteiger partial charge in [0.2, 0.25) is 0 Å². The molecule has 2 nitrogen and oxygen atoms in total. The van der Waals surface area contributed by atoms with Gasteiger partial charge in [-0.3, -0.25) is 4.79 Å². The van der Waals surface area contributed by atoms with E-state index in [-0.39, 0.29) is 11.9 Å². The summed E-state index contributed by atoms with van der Waals surface area (Å²) in [5.74, 6) is -0.0800. The molecule has 2 aromatic carbocycles. The number of hydrogen-bond donors (Lipinski definition) is 1. The van der Waals surface area contributed by atoms with Gasteiger partial charge < -0.3 is 5.32 Å². The molecule has 0 aliphatic rings. The normalized spacial score (nSPS) is 12.0. The van der Waals surface area contributed by atoms with Gasteiger partial charge in [-0.25, -0.2) is 0 Å². The smallest absolute Gasteiger partial charge is 0.252 e. The minimum absolute atomic E-state index is 0.0470. The molecule has 2 aromatic rings. The Bertz CT molecular complexity index is 616. The first-order chi connectivity index (χ1) is 10.1. The number of nitrogens with one attached hydrogen (secondary N) is 1. The SMILES string of the molecule is O=C(NC(CBr)Cc1ccccc1)c1cc(Br)ccc1Br. The van der Waals surface area contributed by atoms with Crippen LogP contribution in [0.5, 0.6) is 0 Å². The van der Waals surface area contributed by atoms with Gasteiger partial charge in [0.25, 0.3) is 5.91 Å². The van der Waals surface area contributed by atoms with Crippen LogP contribution in [0.2, 0.25) is 0 Å². The first-order valence-electron chi connectivity index (χ1n) is 6.46. The maximum absolute atomic E-state index is 12.4. The van der Waals surface area contributed by atoms with Crippen molar-refractivity contribution in [2.75, 3.05) is 5.33 Å². The lowest BCUT2D eigenvalue weighted by Gasteiger charge is -2.17. The van der Waals surface area contributed by atoms with Gasteiger partial charge in [0, 0.05) is 20.3 Å². The molecule has 2 rings (SSSR count). The number of halogens is 3. The molecule has 21 heavy (non-hydrogen) atoms. The van der Waals surface area contributed by atoms with Gasteiger partial charge >= 0.3 is 0 Å². The molecule has 0 spiro atoms. The van der Waals surface area contributed by atoms with Crippen molar-refractivity contribution in [1.29, 1.82) is 0 Å². The molecule has 110 valence electrons. The van der Waals surface area contributed by atoms with E-state index in [2.05, 4.69) is 65.2 Å². The molecule has 0 heterocycles. The van der Waals surface area contributed by atoms with Crippen LogP contribution in [-0.4, -0.2) is 17.3 Å². The highest BCUT2D eigenvalue weighted by molar-refractivity contribution is 9.11. The predicted octanol–water partition coefficient (Wildman–Crippen LogP) is 4.95. The lowest BCUT2D eigenvalue weighted by Crippen LogP contribution is -2.37. The summed E-state index contributed by atoms with van der Waals surface area (Å²) < 4.78 is 1.67. The van der Waals surface area contributed by atoms with E-state index < -0.39 is 0 Å². The van der Waals surface area contributed by atoms with Crippen LogP contribution in [0.1, 0.15) is 15.9 Å². The van der Waals surface area contributed by atoms with Crippen LogP contribution in [0, 0.1) is 0 Å². The topological polar surface area (TPSA) is 29.1 Å². The third-order valence-electron chi connectivity index (χ3n) is 3.02. The van der Waals surface area contributed by atoms with Gasteiger partial charge in [0.15, 0.2) is 0 Å². The average molecular weight is 476 g/mol. The zero-order chi connectivity index (χ0) is 15.2. The molecule has 1 N–H and O–H groups in total. The minimum atomic E-state index is -0.0800. The Kier molecular flexibility index (Phi) is 6.45. The average Bonchev–Trinajstić information content (AvgIpc) is 2.50. The quantitative estimate of drug-likeness (QED) is 0.609. The fourth-order valence-electron chi connectivity index (χ4n) is 1.98. The van der Waals surface area contributed by atoms with E-state index in [1.54, 1.807) is 0 Å².